The van der Waals surface area contributed by atoms with Crippen LogP contribution in [0.2, 0.25) is 5.02 Å². The molecule has 0 saturated carbocycles. The van der Waals surface area contributed by atoms with Crippen molar-refractivity contribution in [2.45, 2.75) is 12.8 Å². The number of methoxy groups -OCH3 is 2. The van der Waals surface area contributed by atoms with Crippen LogP contribution in [0.4, 0.5) is 0 Å². The van der Waals surface area contributed by atoms with Gasteiger partial charge in [-0.05, 0) is 0 Å². The Morgan fingerprint density at radius 3 is 2.60 bits per heavy atom. The highest BCUT2D eigenvalue weighted by molar-refractivity contribution is 6.30. The van der Waals surface area contributed by atoms with E-state index in [9.17, 15) is 9.59 Å². The highest BCUT2D eigenvalue weighted by Gasteiger charge is 2.09. The molecule has 1 aromatic rings. The number of aromatic nitrogens is 2. The van der Waals surface area contributed by atoms with E-state index in [1.807, 2.05) is 0 Å². The Bertz CT molecular complexity index is 435. The van der Waals surface area contributed by atoms with E-state index in [1.165, 1.54) is 25.0 Å². The Morgan fingerprint density at radius 1 is 1.47 bits per heavy atom. The van der Waals surface area contributed by atoms with Crippen molar-refractivity contribution in [3.8, 4) is 0 Å². The van der Waals surface area contributed by atoms with Crippen LogP contribution in [0.1, 0.15) is 0 Å². The second kappa shape index (κ2) is 5.11. The number of hydrogen-bond acceptors (Lipinski definition) is 4. The molecular formula is C8H11ClN2O4. The van der Waals surface area contributed by atoms with Crippen LogP contribution in [0.15, 0.2) is 15.8 Å². The van der Waals surface area contributed by atoms with Crippen LogP contribution in [-0.4, -0.2) is 30.1 Å². The fourth-order valence-electron chi connectivity index (χ4n) is 1.02. The second-order valence-corrected chi connectivity index (χ2v) is 3.20. The van der Waals surface area contributed by atoms with E-state index in [-0.39, 0.29) is 11.6 Å². The van der Waals surface area contributed by atoms with Crippen LogP contribution < -0.4 is 11.2 Å². The average Bonchev–Trinajstić information content (AvgIpc) is 2.21. The lowest BCUT2D eigenvalue weighted by molar-refractivity contribution is -0.111. The van der Waals surface area contributed by atoms with Crippen LogP contribution in [-0.2, 0) is 16.0 Å². The molecule has 84 valence electrons. The smallest absolute Gasteiger partial charge is 0.328 e. The summed E-state index contributed by atoms with van der Waals surface area (Å²) in [4.78, 5) is 24.3. The zero-order valence-corrected chi connectivity index (χ0v) is 9.08. The largest absolute Gasteiger partial charge is 0.354 e. The molecular weight excluding hydrogens is 224 g/mol. The molecule has 1 N–H and O–H groups in total. The van der Waals surface area contributed by atoms with E-state index in [0.717, 1.165) is 0 Å². The lowest BCUT2D eigenvalue weighted by Gasteiger charge is -2.14. The fraction of sp³-hybridized carbons (Fsp3) is 0.500. The Kier molecular flexibility index (Phi) is 4.07. The number of aromatic amines is 1. The van der Waals surface area contributed by atoms with Crippen molar-refractivity contribution in [2.75, 3.05) is 14.2 Å². The molecule has 1 rings (SSSR count). The van der Waals surface area contributed by atoms with Crippen LogP contribution >= 0.6 is 11.6 Å². The third-order valence-electron chi connectivity index (χ3n) is 1.84. The lowest BCUT2D eigenvalue weighted by Crippen LogP contribution is -2.34. The molecule has 0 saturated heterocycles. The van der Waals surface area contributed by atoms with Gasteiger partial charge in [-0.2, -0.15) is 0 Å². The van der Waals surface area contributed by atoms with E-state index >= 15 is 0 Å². The summed E-state index contributed by atoms with van der Waals surface area (Å²) in [6.07, 6.45) is 0.679. The third kappa shape index (κ3) is 2.92. The number of rotatable bonds is 4. The van der Waals surface area contributed by atoms with E-state index in [4.69, 9.17) is 21.1 Å². The maximum Gasteiger partial charge on any atom is 0.328 e. The first kappa shape index (κ1) is 12.0. The Hall–Kier alpha value is -1.11. The van der Waals surface area contributed by atoms with Crippen molar-refractivity contribution < 1.29 is 9.47 Å². The number of ether oxygens (including phenoxy) is 2. The minimum Gasteiger partial charge on any atom is -0.354 e. The van der Waals surface area contributed by atoms with E-state index in [0.29, 0.717) is 0 Å². The molecule has 0 bridgehead atoms. The maximum atomic E-state index is 11.3. The summed E-state index contributed by atoms with van der Waals surface area (Å²) in [6, 6.07) is 0. The van der Waals surface area contributed by atoms with E-state index in [2.05, 4.69) is 4.98 Å². The summed E-state index contributed by atoms with van der Waals surface area (Å²) in [5.74, 6) is 0. The van der Waals surface area contributed by atoms with Gasteiger partial charge in [0.2, 0.25) is 0 Å². The summed E-state index contributed by atoms with van der Waals surface area (Å²) >= 11 is 5.57. The molecule has 0 aliphatic rings. The van der Waals surface area contributed by atoms with Gasteiger partial charge >= 0.3 is 5.69 Å². The average molecular weight is 235 g/mol. The molecule has 1 heterocycles. The molecule has 6 nitrogen and oxygen atoms in total. The normalized spacial score (nSPS) is 10.9. The maximum absolute atomic E-state index is 11.3. The molecule has 0 aliphatic heterocycles. The number of nitrogens with zero attached hydrogens (tertiary/aromatic N) is 1. The Morgan fingerprint density at radius 2 is 2.07 bits per heavy atom. The van der Waals surface area contributed by atoms with Gasteiger partial charge in [-0.15, -0.1) is 0 Å². The number of H-pyrrole nitrogens is 1. The van der Waals surface area contributed by atoms with Crippen molar-refractivity contribution >= 4 is 11.6 Å². The summed E-state index contributed by atoms with van der Waals surface area (Å²) in [5, 5.41) is -0.0550. The van der Waals surface area contributed by atoms with Crippen LogP contribution in [0.25, 0.3) is 0 Å². The molecule has 15 heavy (non-hydrogen) atoms. The predicted molar refractivity (Wildman–Crippen MR) is 54.1 cm³/mol. The van der Waals surface area contributed by atoms with Crippen molar-refractivity contribution in [2.24, 2.45) is 0 Å². The first-order valence-corrected chi connectivity index (χ1v) is 4.51. The molecule has 0 spiro atoms. The molecule has 0 atom stereocenters. The molecule has 0 aliphatic carbocycles. The summed E-state index contributed by atoms with van der Waals surface area (Å²) in [7, 11) is 2.90. The number of hydrogen-bond donors (Lipinski definition) is 1. The quantitative estimate of drug-likeness (QED) is 0.733. The van der Waals surface area contributed by atoms with Crippen LogP contribution in [0.5, 0.6) is 0 Å². The Balaban J connectivity index is 3.00. The molecule has 0 radical (unpaired) electrons. The standard InChI is InChI=1S/C8H11ClN2O4/c1-14-6(15-2)4-11-3-5(9)7(12)10-8(11)13/h3,6H,4H2,1-2H3,(H,10,12,13). The van der Waals surface area contributed by atoms with Gasteiger partial charge < -0.3 is 9.47 Å². The topological polar surface area (TPSA) is 73.3 Å². The van der Waals surface area contributed by atoms with Gasteiger partial charge in [0.1, 0.15) is 5.02 Å². The molecule has 0 fully saturated rings. The van der Waals surface area contributed by atoms with Crippen molar-refractivity contribution in [1.29, 1.82) is 0 Å². The Labute approximate surface area is 90.4 Å². The van der Waals surface area contributed by atoms with Gasteiger partial charge in [0.25, 0.3) is 5.56 Å². The first-order valence-electron chi connectivity index (χ1n) is 4.13. The minimum atomic E-state index is -0.607. The number of halogens is 1. The lowest BCUT2D eigenvalue weighted by atomic mass is 10.5. The minimum absolute atomic E-state index is 0.0550. The summed E-state index contributed by atoms with van der Waals surface area (Å²) < 4.78 is 11.0. The first-order chi connectivity index (χ1) is 7.08. The summed E-state index contributed by atoms with van der Waals surface area (Å²) in [6.45, 7) is 0.155. The molecule has 0 aromatic carbocycles. The fourth-order valence-corrected chi connectivity index (χ4v) is 1.19. The van der Waals surface area contributed by atoms with Gasteiger partial charge in [-0.3, -0.25) is 14.3 Å². The van der Waals surface area contributed by atoms with Crippen molar-refractivity contribution in [3.05, 3.63) is 32.1 Å². The van der Waals surface area contributed by atoms with Gasteiger partial charge in [-0.1, -0.05) is 11.6 Å². The third-order valence-corrected chi connectivity index (χ3v) is 2.11. The molecule has 0 amide bonds. The molecule has 0 unspecified atom stereocenters. The zero-order chi connectivity index (χ0) is 11.4. The van der Waals surface area contributed by atoms with Crippen molar-refractivity contribution in [3.63, 3.8) is 0 Å². The van der Waals surface area contributed by atoms with Gasteiger partial charge in [-0.25, -0.2) is 4.79 Å². The van der Waals surface area contributed by atoms with Gasteiger partial charge in [0, 0.05) is 20.4 Å². The molecule has 1 aromatic heterocycles. The molecule has 7 heteroatoms. The van der Waals surface area contributed by atoms with Gasteiger partial charge in [0.15, 0.2) is 6.29 Å². The predicted octanol–water partition coefficient (Wildman–Crippen LogP) is -0.191. The zero-order valence-electron chi connectivity index (χ0n) is 8.32. The summed E-state index contributed by atoms with van der Waals surface area (Å²) in [5.41, 5.74) is -1.16. The van der Waals surface area contributed by atoms with Crippen LogP contribution in [0.3, 0.4) is 0 Å². The highest BCUT2D eigenvalue weighted by atomic mass is 35.5. The second-order valence-electron chi connectivity index (χ2n) is 2.79. The van der Waals surface area contributed by atoms with Crippen LogP contribution in [0, 0.1) is 0 Å². The van der Waals surface area contributed by atoms with E-state index < -0.39 is 17.5 Å². The monoisotopic (exact) mass is 234 g/mol. The van der Waals surface area contributed by atoms with Gasteiger partial charge in [0.05, 0.1) is 6.54 Å². The SMILES string of the molecule is COC(Cn1cc(Cl)c(=O)[nH]c1=O)OC. The van der Waals surface area contributed by atoms with Crippen molar-refractivity contribution in [1.82, 2.24) is 9.55 Å². The number of nitrogens with one attached hydrogen (secondary N) is 1. The highest BCUT2D eigenvalue weighted by Crippen LogP contribution is 1.99. The van der Waals surface area contributed by atoms with E-state index in [1.54, 1.807) is 0 Å².